The van der Waals surface area contributed by atoms with Crippen LogP contribution in [-0.4, -0.2) is 35.7 Å². The number of aliphatic hydroxyl groups is 1. The molecule has 0 saturated carbocycles. The summed E-state index contributed by atoms with van der Waals surface area (Å²) in [6.45, 7) is 4.73. The largest absolute Gasteiger partial charge is 0.391 e. The first-order valence-corrected chi connectivity index (χ1v) is 3.93. The highest BCUT2D eigenvalue weighted by atomic mass is 16.3. The Morgan fingerprint density at radius 3 is 2.70 bits per heavy atom. The third kappa shape index (κ3) is 1.70. The molecule has 0 aromatic carbocycles. The zero-order chi connectivity index (χ0) is 7.56. The number of likely N-dealkylation sites (N-methyl/N-ethyl adjacent to an activating group) is 1. The van der Waals surface area contributed by atoms with Crippen LogP contribution in [-0.2, 0) is 0 Å². The molecule has 0 aliphatic carbocycles. The summed E-state index contributed by atoms with van der Waals surface area (Å²) >= 11 is 0. The number of hydrogen-bond donors (Lipinski definition) is 1. The fourth-order valence-electron chi connectivity index (χ4n) is 1.59. The summed E-state index contributed by atoms with van der Waals surface area (Å²) in [5.41, 5.74) is 0. The summed E-state index contributed by atoms with van der Waals surface area (Å²) in [7, 11) is 2.05. The van der Waals surface area contributed by atoms with Gasteiger partial charge in [0.1, 0.15) is 0 Å². The normalized spacial score (nSPS) is 32.1. The van der Waals surface area contributed by atoms with Crippen molar-refractivity contribution >= 4 is 0 Å². The lowest BCUT2D eigenvalue weighted by Crippen LogP contribution is -2.43. The molecule has 1 aliphatic heterocycles. The van der Waals surface area contributed by atoms with E-state index in [4.69, 9.17) is 0 Å². The van der Waals surface area contributed by atoms with E-state index in [9.17, 15) is 5.11 Å². The van der Waals surface area contributed by atoms with Gasteiger partial charge in [0.25, 0.3) is 0 Å². The lowest BCUT2D eigenvalue weighted by Gasteiger charge is -2.34. The Morgan fingerprint density at radius 1 is 1.60 bits per heavy atom. The van der Waals surface area contributed by atoms with Crippen molar-refractivity contribution in [1.29, 1.82) is 0 Å². The van der Waals surface area contributed by atoms with Crippen molar-refractivity contribution in [3.8, 4) is 0 Å². The number of likely N-dealkylation sites (tertiary alicyclic amines) is 1. The summed E-state index contributed by atoms with van der Waals surface area (Å²) < 4.78 is 0. The van der Waals surface area contributed by atoms with Gasteiger partial charge in [-0.1, -0.05) is 6.42 Å². The van der Waals surface area contributed by atoms with Gasteiger partial charge in [-0.05, 0) is 33.4 Å². The minimum Gasteiger partial charge on any atom is -0.391 e. The first-order chi connectivity index (χ1) is 4.72. The molecule has 0 amide bonds. The van der Waals surface area contributed by atoms with Gasteiger partial charge >= 0.3 is 0 Å². The highest BCUT2D eigenvalue weighted by Gasteiger charge is 2.22. The number of hydrogen-bond acceptors (Lipinski definition) is 2. The maximum atomic E-state index is 9.19. The quantitative estimate of drug-likeness (QED) is 0.581. The van der Waals surface area contributed by atoms with Crippen LogP contribution in [0, 0.1) is 6.92 Å². The third-order valence-corrected chi connectivity index (χ3v) is 2.27. The fraction of sp³-hybridized carbons (Fsp3) is 0.875. The molecule has 1 heterocycles. The maximum Gasteiger partial charge on any atom is 0.0696 e. The van der Waals surface area contributed by atoms with E-state index in [1.54, 1.807) is 0 Å². The van der Waals surface area contributed by atoms with Crippen molar-refractivity contribution in [3.63, 3.8) is 0 Å². The van der Waals surface area contributed by atoms with E-state index in [2.05, 4.69) is 18.9 Å². The second-order valence-corrected chi connectivity index (χ2v) is 3.11. The van der Waals surface area contributed by atoms with Crippen LogP contribution >= 0.6 is 0 Å². The fourth-order valence-corrected chi connectivity index (χ4v) is 1.59. The molecular weight excluding hydrogens is 126 g/mol. The summed E-state index contributed by atoms with van der Waals surface area (Å²) in [5, 5.41) is 9.19. The molecule has 1 fully saturated rings. The highest BCUT2D eigenvalue weighted by molar-refractivity contribution is 4.81. The van der Waals surface area contributed by atoms with Gasteiger partial charge in [-0.2, -0.15) is 0 Å². The second kappa shape index (κ2) is 3.35. The van der Waals surface area contributed by atoms with Crippen LogP contribution in [0.15, 0.2) is 0 Å². The van der Waals surface area contributed by atoms with E-state index in [0.717, 1.165) is 13.0 Å². The van der Waals surface area contributed by atoms with E-state index < -0.39 is 6.10 Å². The summed E-state index contributed by atoms with van der Waals surface area (Å²) in [6.07, 6.45) is 3.19. The van der Waals surface area contributed by atoms with Crippen LogP contribution in [0.4, 0.5) is 0 Å². The third-order valence-electron chi connectivity index (χ3n) is 2.27. The molecule has 1 aliphatic rings. The number of piperidine rings is 1. The summed E-state index contributed by atoms with van der Waals surface area (Å²) in [5.74, 6) is 0. The zero-order valence-electron chi connectivity index (χ0n) is 6.58. The van der Waals surface area contributed by atoms with Crippen molar-refractivity contribution in [2.45, 2.75) is 31.4 Å². The Balaban J connectivity index is 2.40. The maximum absolute atomic E-state index is 9.19. The first-order valence-electron chi connectivity index (χ1n) is 3.93. The second-order valence-electron chi connectivity index (χ2n) is 3.11. The summed E-state index contributed by atoms with van der Waals surface area (Å²) in [4.78, 5) is 2.20. The molecule has 0 aromatic heterocycles. The predicted molar refractivity (Wildman–Crippen MR) is 41.6 cm³/mol. The standard InChI is InChI=1S/C8H16NO/c1-7(10)8-5-3-4-6-9(8)2/h7-8,10H,1,3-6H2,2H3. The Morgan fingerprint density at radius 2 is 2.30 bits per heavy atom. The topological polar surface area (TPSA) is 23.5 Å². The molecule has 2 heteroatoms. The van der Waals surface area contributed by atoms with Crippen LogP contribution in [0.1, 0.15) is 19.3 Å². The van der Waals surface area contributed by atoms with E-state index in [0.29, 0.717) is 6.04 Å². The molecular formula is C8H16NO. The smallest absolute Gasteiger partial charge is 0.0696 e. The van der Waals surface area contributed by atoms with Gasteiger partial charge < -0.3 is 10.0 Å². The highest BCUT2D eigenvalue weighted by Crippen LogP contribution is 2.17. The van der Waals surface area contributed by atoms with Gasteiger partial charge in [0, 0.05) is 6.04 Å². The lowest BCUT2D eigenvalue weighted by molar-refractivity contribution is 0.0683. The van der Waals surface area contributed by atoms with Gasteiger partial charge in [-0.15, -0.1) is 0 Å². The van der Waals surface area contributed by atoms with Gasteiger partial charge in [0.05, 0.1) is 6.10 Å². The van der Waals surface area contributed by atoms with Crippen molar-refractivity contribution in [3.05, 3.63) is 6.92 Å². The monoisotopic (exact) mass is 142 g/mol. The van der Waals surface area contributed by atoms with Gasteiger partial charge in [-0.3, -0.25) is 0 Å². The van der Waals surface area contributed by atoms with Crippen molar-refractivity contribution in [2.75, 3.05) is 13.6 Å². The van der Waals surface area contributed by atoms with E-state index in [1.807, 2.05) is 0 Å². The summed E-state index contributed by atoms with van der Waals surface area (Å²) in [6, 6.07) is 0.300. The van der Waals surface area contributed by atoms with Gasteiger partial charge in [-0.25, -0.2) is 0 Å². The average Bonchev–Trinajstić information content (AvgIpc) is 1.88. The molecule has 1 N–H and O–H groups in total. The molecule has 0 aromatic rings. The number of nitrogens with zero attached hydrogens (tertiary/aromatic N) is 1. The molecule has 1 rings (SSSR count). The molecule has 0 bridgehead atoms. The van der Waals surface area contributed by atoms with Crippen LogP contribution in [0.2, 0.25) is 0 Å². The Bertz CT molecular complexity index is 103. The predicted octanol–water partition coefficient (Wildman–Crippen LogP) is 0.666. The minimum absolute atomic E-state index is 0.300. The van der Waals surface area contributed by atoms with E-state index >= 15 is 0 Å². The SMILES string of the molecule is [CH2]C(O)C1CCCCN1C. The van der Waals surface area contributed by atoms with Crippen molar-refractivity contribution in [2.24, 2.45) is 0 Å². The van der Waals surface area contributed by atoms with Gasteiger partial charge in [0.15, 0.2) is 0 Å². The zero-order valence-corrected chi connectivity index (χ0v) is 6.58. The van der Waals surface area contributed by atoms with E-state index in [-0.39, 0.29) is 0 Å². The molecule has 10 heavy (non-hydrogen) atoms. The molecule has 59 valence electrons. The van der Waals surface area contributed by atoms with Crippen LogP contribution < -0.4 is 0 Å². The van der Waals surface area contributed by atoms with E-state index in [1.165, 1.54) is 12.8 Å². The average molecular weight is 142 g/mol. The van der Waals surface area contributed by atoms with Crippen LogP contribution in [0.5, 0.6) is 0 Å². The number of rotatable bonds is 1. The van der Waals surface area contributed by atoms with Crippen molar-refractivity contribution < 1.29 is 5.11 Å². The Labute approximate surface area is 62.8 Å². The van der Waals surface area contributed by atoms with Crippen molar-refractivity contribution in [1.82, 2.24) is 4.90 Å². The Hall–Kier alpha value is -0.0800. The molecule has 1 saturated heterocycles. The molecule has 2 nitrogen and oxygen atoms in total. The lowest BCUT2D eigenvalue weighted by atomic mass is 9.99. The van der Waals surface area contributed by atoms with Gasteiger partial charge in [0.2, 0.25) is 0 Å². The molecule has 2 unspecified atom stereocenters. The molecule has 1 radical (unpaired) electrons. The molecule has 0 spiro atoms. The minimum atomic E-state index is -0.412. The van der Waals surface area contributed by atoms with Crippen LogP contribution in [0.25, 0.3) is 0 Å². The number of aliphatic hydroxyl groups excluding tert-OH is 1. The Kier molecular flexibility index (Phi) is 2.69. The first kappa shape index (κ1) is 8.02. The molecule has 2 atom stereocenters. The van der Waals surface area contributed by atoms with Crippen LogP contribution in [0.3, 0.4) is 0 Å².